The van der Waals surface area contributed by atoms with Crippen LogP contribution in [0.4, 0.5) is 0 Å². The van der Waals surface area contributed by atoms with Gasteiger partial charge in [-0.15, -0.1) is 0 Å². The van der Waals surface area contributed by atoms with Crippen molar-refractivity contribution in [1.82, 2.24) is 4.90 Å². The van der Waals surface area contributed by atoms with Crippen LogP contribution in [0.25, 0.3) is 0 Å². The molecule has 1 aliphatic carbocycles. The average molecular weight is 191 g/mol. The number of rotatable bonds is 2. The van der Waals surface area contributed by atoms with Crippen LogP contribution in [-0.4, -0.2) is 24.0 Å². The molecule has 0 N–H and O–H groups in total. The van der Waals surface area contributed by atoms with E-state index in [1.807, 2.05) is 6.08 Å². The SMILES string of the molecule is C=CC1=CCC(N2CCCCC2)CC1. The van der Waals surface area contributed by atoms with Crippen molar-refractivity contribution in [2.45, 2.75) is 44.6 Å². The summed E-state index contributed by atoms with van der Waals surface area (Å²) < 4.78 is 0. The van der Waals surface area contributed by atoms with Crippen LogP contribution in [0.3, 0.4) is 0 Å². The first-order valence-corrected chi connectivity index (χ1v) is 5.95. The van der Waals surface area contributed by atoms with Gasteiger partial charge < -0.3 is 4.90 Å². The highest BCUT2D eigenvalue weighted by atomic mass is 15.2. The van der Waals surface area contributed by atoms with Gasteiger partial charge in [-0.3, -0.25) is 0 Å². The van der Waals surface area contributed by atoms with E-state index in [9.17, 15) is 0 Å². The van der Waals surface area contributed by atoms with Gasteiger partial charge in [0, 0.05) is 6.04 Å². The highest BCUT2D eigenvalue weighted by molar-refractivity contribution is 5.19. The Balaban J connectivity index is 1.87. The predicted octanol–water partition coefficient (Wildman–Crippen LogP) is 3.14. The smallest absolute Gasteiger partial charge is 0.0133 e. The van der Waals surface area contributed by atoms with Gasteiger partial charge in [-0.2, -0.15) is 0 Å². The van der Waals surface area contributed by atoms with Gasteiger partial charge in [-0.1, -0.05) is 30.7 Å². The van der Waals surface area contributed by atoms with Crippen molar-refractivity contribution in [3.8, 4) is 0 Å². The minimum atomic E-state index is 0.832. The van der Waals surface area contributed by atoms with Gasteiger partial charge in [0.25, 0.3) is 0 Å². The minimum absolute atomic E-state index is 0.832. The molecule has 2 aliphatic rings. The van der Waals surface area contributed by atoms with Gasteiger partial charge in [-0.05, 0) is 45.2 Å². The third-order valence-corrected chi connectivity index (χ3v) is 3.59. The fourth-order valence-corrected chi connectivity index (χ4v) is 2.64. The summed E-state index contributed by atoms with van der Waals surface area (Å²) in [6.45, 7) is 6.51. The highest BCUT2D eigenvalue weighted by Gasteiger charge is 2.21. The molecule has 1 atom stereocenters. The Hall–Kier alpha value is -0.560. The van der Waals surface area contributed by atoms with Gasteiger partial charge in [0.2, 0.25) is 0 Å². The Labute approximate surface area is 87.5 Å². The lowest BCUT2D eigenvalue weighted by Crippen LogP contribution is -2.39. The van der Waals surface area contributed by atoms with Gasteiger partial charge in [-0.25, -0.2) is 0 Å². The molecule has 0 aromatic heterocycles. The van der Waals surface area contributed by atoms with Crippen molar-refractivity contribution >= 4 is 0 Å². The molecule has 0 saturated carbocycles. The summed E-state index contributed by atoms with van der Waals surface area (Å²) in [4.78, 5) is 2.69. The third kappa shape index (κ3) is 2.27. The molecule has 1 nitrogen and oxygen atoms in total. The van der Waals surface area contributed by atoms with E-state index in [0.717, 1.165) is 6.04 Å². The summed E-state index contributed by atoms with van der Waals surface area (Å²) in [5.74, 6) is 0. The molecule has 1 saturated heterocycles. The van der Waals surface area contributed by atoms with E-state index in [1.165, 1.54) is 57.2 Å². The molecule has 78 valence electrons. The zero-order chi connectivity index (χ0) is 9.80. The van der Waals surface area contributed by atoms with Crippen LogP contribution in [0, 0.1) is 0 Å². The molecular weight excluding hydrogens is 170 g/mol. The second kappa shape index (κ2) is 4.79. The molecule has 14 heavy (non-hydrogen) atoms. The molecule has 1 fully saturated rings. The molecule has 1 unspecified atom stereocenters. The molecule has 0 aromatic rings. The number of nitrogens with zero attached hydrogens (tertiary/aromatic N) is 1. The quantitative estimate of drug-likeness (QED) is 0.648. The number of hydrogen-bond acceptors (Lipinski definition) is 1. The lowest BCUT2D eigenvalue weighted by atomic mass is 9.93. The Morgan fingerprint density at radius 3 is 2.64 bits per heavy atom. The first-order valence-electron chi connectivity index (χ1n) is 5.95. The van der Waals surface area contributed by atoms with E-state index in [-0.39, 0.29) is 0 Å². The van der Waals surface area contributed by atoms with Gasteiger partial charge in [0.05, 0.1) is 0 Å². The van der Waals surface area contributed by atoms with Gasteiger partial charge in [0.1, 0.15) is 0 Å². The maximum absolute atomic E-state index is 3.84. The van der Waals surface area contributed by atoms with Crippen molar-refractivity contribution in [2.75, 3.05) is 13.1 Å². The lowest BCUT2D eigenvalue weighted by Gasteiger charge is -2.36. The number of hydrogen-bond donors (Lipinski definition) is 0. The molecule has 2 rings (SSSR count). The second-order valence-corrected chi connectivity index (χ2v) is 4.51. The number of likely N-dealkylation sites (tertiary alicyclic amines) is 1. The Bertz CT molecular complexity index is 223. The molecule has 0 radical (unpaired) electrons. The average Bonchev–Trinajstić information content (AvgIpc) is 2.30. The summed E-state index contributed by atoms with van der Waals surface area (Å²) in [5, 5.41) is 0. The summed E-state index contributed by atoms with van der Waals surface area (Å²) in [5.41, 5.74) is 1.46. The Morgan fingerprint density at radius 2 is 2.07 bits per heavy atom. The molecule has 0 amide bonds. The molecular formula is C13H21N. The van der Waals surface area contributed by atoms with Crippen molar-refractivity contribution in [3.63, 3.8) is 0 Å². The molecule has 0 aromatic carbocycles. The van der Waals surface area contributed by atoms with Crippen LogP contribution < -0.4 is 0 Å². The number of allylic oxidation sites excluding steroid dienone is 2. The summed E-state index contributed by atoms with van der Waals surface area (Å²) >= 11 is 0. The van der Waals surface area contributed by atoms with Crippen LogP contribution in [0.15, 0.2) is 24.3 Å². The zero-order valence-electron chi connectivity index (χ0n) is 9.04. The molecule has 0 bridgehead atoms. The van der Waals surface area contributed by atoms with Crippen molar-refractivity contribution in [1.29, 1.82) is 0 Å². The van der Waals surface area contributed by atoms with E-state index in [1.54, 1.807) is 0 Å². The van der Waals surface area contributed by atoms with E-state index in [0.29, 0.717) is 0 Å². The minimum Gasteiger partial charge on any atom is -0.300 e. The predicted molar refractivity (Wildman–Crippen MR) is 61.3 cm³/mol. The van der Waals surface area contributed by atoms with E-state index >= 15 is 0 Å². The monoisotopic (exact) mass is 191 g/mol. The normalized spacial score (nSPS) is 29.7. The summed E-state index contributed by atoms with van der Waals surface area (Å²) in [6, 6.07) is 0.832. The van der Waals surface area contributed by atoms with Crippen LogP contribution in [0.2, 0.25) is 0 Å². The maximum atomic E-state index is 3.84. The highest BCUT2D eigenvalue weighted by Crippen LogP contribution is 2.25. The first-order chi connectivity index (χ1) is 6.90. The largest absolute Gasteiger partial charge is 0.300 e. The van der Waals surface area contributed by atoms with Crippen LogP contribution >= 0.6 is 0 Å². The molecule has 1 heteroatoms. The third-order valence-electron chi connectivity index (χ3n) is 3.59. The fourth-order valence-electron chi connectivity index (χ4n) is 2.64. The van der Waals surface area contributed by atoms with Crippen LogP contribution in [-0.2, 0) is 0 Å². The first kappa shape index (κ1) is 9.97. The fraction of sp³-hybridized carbons (Fsp3) is 0.692. The molecule has 1 heterocycles. The zero-order valence-corrected chi connectivity index (χ0v) is 9.04. The summed E-state index contributed by atoms with van der Waals surface area (Å²) in [7, 11) is 0. The molecule has 0 spiro atoms. The topological polar surface area (TPSA) is 3.24 Å². The number of piperidine rings is 1. The van der Waals surface area contributed by atoms with Crippen molar-refractivity contribution in [2.24, 2.45) is 0 Å². The van der Waals surface area contributed by atoms with E-state index in [2.05, 4.69) is 17.6 Å². The van der Waals surface area contributed by atoms with Crippen molar-refractivity contribution < 1.29 is 0 Å². The van der Waals surface area contributed by atoms with Crippen LogP contribution in [0.5, 0.6) is 0 Å². The standard InChI is InChI=1S/C13H21N/c1-2-12-6-8-13(9-7-12)14-10-4-3-5-11-14/h2,6,13H,1,3-5,7-11H2. The van der Waals surface area contributed by atoms with Crippen molar-refractivity contribution in [3.05, 3.63) is 24.3 Å². The van der Waals surface area contributed by atoms with Gasteiger partial charge >= 0.3 is 0 Å². The van der Waals surface area contributed by atoms with E-state index < -0.39 is 0 Å². The Kier molecular flexibility index (Phi) is 3.41. The summed E-state index contributed by atoms with van der Waals surface area (Å²) in [6.07, 6.45) is 12.5. The van der Waals surface area contributed by atoms with Gasteiger partial charge in [0.15, 0.2) is 0 Å². The lowest BCUT2D eigenvalue weighted by molar-refractivity contribution is 0.153. The Morgan fingerprint density at radius 1 is 1.29 bits per heavy atom. The van der Waals surface area contributed by atoms with E-state index in [4.69, 9.17) is 0 Å². The maximum Gasteiger partial charge on any atom is 0.0133 e. The molecule has 1 aliphatic heterocycles. The van der Waals surface area contributed by atoms with Crippen LogP contribution in [0.1, 0.15) is 38.5 Å². The second-order valence-electron chi connectivity index (χ2n) is 4.51.